The summed E-state index contributed by atoms with van der Waals surface area (Å²) in [4.78, 5) is 2.39. The maximum atomic E-state index is 5.53. The van der Waals surface area contributed by atoms with Crippen LogP contribution in [0.4, 0.5) is 0 Å². The Bertz CT molecular complexity index is 231. The van der Waals surface area contributed by atoms with Crippen molar-refractivity contribution in [1.82, 2.24) is 10.2 Å². The Morgan fingerprint density at radius 2 is 1.55 bits per heavy atom. The summed E-state index contributed by atoms with van der Waals surface area (Å²) < 4.78 is 15.8. The van der Waals surface area contributed by atoms with Crippen LogP contribution in [0.15, 0.2) is 0 Å². The average molecular weight is 288 g/mol. The van der Waals surface area contributed by atoms with Crippen molar-refractivity contribution >= 4 is 0 Å². The molecule has 0 atom stereocenters. The van der Waals surface area contributed by atoms with E-state index in [4.69, 9.17) is 14.2 Å². The molecule has 0 spiro atoms. The predicted octanol–water partition coefficient (Wildman–Crippen LogP) is 1.13. The quantitative estimate of drug-likeness (QED) is 0.545. The summed E-state index contributed by atoms with van der Waals surface area (Å²) in [6.45, 7) is 5.31. The standard InChI is InChI=1S/C15H32N2O3/c1-17(2)15(6-4-5-7-15)14-16-8-9-19-12-13-20-11-10-18-3/h16H,4-14H2,1-3H3. The Morgan fingerprint density at radius 3 is 2.15 bits per heavy atom. The van der Waals surface area contributed by atoms with Crippen LogP contribution in [-0.4, -0.2) is 77.8 Å². The Hall–Kier alpha value is -0.200. The van der Waals surface area contributed by atoms with Crippen LogP contribution in [0.5, 0.6) is 0 Å². The Labute approximate surface area is 123 Å². The van der Waals surface area contributed by atoms with Crippen molar-refractivity contribution in [2.75, 3.05) is 67.3 Å². The van der Waals surface area contributed by atoms with E-state index in [0.717, 1.165) is 19.7 Å². The molecule has 1 N–H and O–H groups in total. The first-order valence-corrected chi connectivity index (χ1v) is 7.74. The summed E-state index contributed by atoms with van der Waals surface area (Å²) in [7, 11) is 6.07. The van der Waals surface area contributed by atoms with E-state index in [2.05, 4.69) is 24.3 Å². The van der Waals surface area contributed by atoms with Crippen molar-refractivity contribution in [2.45, 2.75) is 31.2 Å². The van der Waals surface area contributed by atoms with E-state index >= 15 is 0 Å². The fourth-order valence-corrected chi connectivity index (χ4v) is 2.74. The van der Waals surface area contributed by atoms with Crippen molar-refractivity contribution in [3.63, 3.8) is 0 Å². The topological polar surface area (TPSA) is 43.0 Å². The fourth-order valence-electron chi connectivity index (χ4n) is 2.74. The van der Waals surface area contributed by atoms with Crippen LogP contribution in [0.25, 0.3) is 0 Å². The lowest BCUT2D eigenvalue weighted by molar-refractivity contribution is 0.0249. The Morgan fingerprint density at radius 1 is 0.950 bits per heavy atom. The number of hydrogen-bond donors (Lipinski definition) is 1. The molecule has 0 aromatic carbocycles. The molecule has 0 saturated heterocycles. The zero-order chi connectivity index (χ0) is 14.7. The number of rotatable bonds is 12. The first-order chi connectivity index (χ1) is 9.71. The summed E-state index contributed by atoms with van der Waals surface area (Å²) in [6.07, 6.45) is 5.33. The van der Waals surface area contributed by atoms with Gasteiger partial charge in [-0.3, -0.25) is 0 Å². The van der Waals surface area contributed by atoms with Crippen LogP contribution in [0.2, 0.25) is 0 Å². The molecule has 0 heterocycles. The van der Waals surface area contributed by atoms with Crippen LogP contribution < -0.4 is 5.32 Å². The first-order valence-electron chi connectivity index (χ1n) is 7.74. The monoisotopic (exact) mass is 288 g/mol. The maximum absolute atomic E-state index is 5.53. The third-order valence-corrected chi connectivity index (χ3v) is 4.16. The van der Waals surface area contributed by atoms with Crippen molar-refractivity contribution in [1.29, 1.82) is 0 Å². The predicted molar refractivity (Wildman–Crippen MR) is 81.3 cm³/mol. The SMILES string of the molecule is COCCOCCOCCNCC1(N(C)C)CCCC1. The molecule has 0 bridgehead atoms. The van der Waals surface area contributed by atoms with Gasteiger partial charge in [-0.15, -0.1) is 0 Å². The van der Waals surface area contributed by atoms with Gasteiger partial charge in [0.2, 0.25) is 0 Å². The van der Waals surface area contributed by atoms with Gasteiger partial charge in [0.15, 0.2) is 0 Å². The molecular weight excluding hydrogens is 256 g/mol. The van der Waals surface area contributed by atoms with E-state index in [1.807, 2.05) is 0 Å². The van der Waals surface area contributed by atoms with Gasteiger partial charge in [0.25, 0.3) is 0 Å². The van der Waals surface area contributed by atoms with E-state index < -0.39 is 0 Å². The molecule has 0 unspecified atom stereocenters. The molecule has 0 amide bonds. The highest BCUT2D eigenvalue weighted by molar-refractivity contribution is 4.94. The van der Waals surface area contributed by atoms with Gasteiger partial charge in [0.1, 0.15) is 0 Å². The second-order valence-corrected chi connectivity index (χ2v) is 5.72. The summed E-state index contributed by atoms with van der Waals surface area (Å²) in [5, 5.41) is 3.53. The lowest BCUT2D eigenvalue weighted by Gasteiger charge is -2.36. The zero-order valence-electron chi connectivity index (χ0n) is 13.5. The summed E-state index contributed by atoms with van der Waals surface area (Å²) >= 11 is 0. The molecule has 0 aromatic rings. The number of nitrogens with one attached hydrogen (secondary N) is 1. The molecule has 120 valence electrons. The van der Waals surface area contributed by atoms with Crippen molar-refractivity contribution in [3.8, 4) is 0 Å². The van der Waals surface area contributed by atoms with Gasteiger partial charge < -0.3 is 24.4 Å². The van der Waals surface area contributed by atoms with Gasteiger partial charge in [-0.25, -0.2) is 0 Å². The van der Waals surface area contributed by atoms with Crippen LogP contribution in [0.3, 0.4) is 0 Å². The Balaban J connectivity index is 1.94. The van der Waals surface area contributed by atoms with Crippen molar-refractivity contribution < 1.29 is 14.2 Å². The molecule has 0 radical (unpaired) electrons. The first kappa shape index (κ1) is 17.9. The normalized spacial score (nSPS) is 18.0. The van der Waals surface area contributed by atoms with Crippen LogP contribution in [0, 0.1) is 0 Å². The summed E-state index contributed by atoms with van der Waals surface area (Å²) in [6, 6.07) is 0. The molecule has 5 nitrogen and oxygen atoms in total. The molecule has 20 heavy (non-hydrogen) atoms. The Kier molecular flexibility index (Phi) is 9.39. The number of likely N-dealkylation sites (N-methyl/N-ethyl adjacent to an activating group) is 1. The maximum Gasteiger partial charge on any atom is 0.0701 e. The van der Waals surface area contributed by atoms with E-state index in [1.54, 1.807) is 7.11 Å². The van der Waals surface area contributed by atoms with Gasteiger partial charge in [-0.2, -0.15) is 0 Å². The molecule has 0 aromatic heterocycles. The van der Waals surface area contributed by atoms with Crippen molar-refractivity contribution in [2.24, 2.45) is 0 Å². The fraction of sp³-hybridized carbons (Fsp3) is 1.00. The van der Waals surface area contributed by atoms with E-state index in [0.29, 0.717) is 32.0 Å². The van der Waals surface area contributed by atoms with E-state index in [-0.39, 0.29) is 0 Å². The molecule has 5 heteroatoms. The van der Waals surface area contributed by atoms with Crippen LogP contribution >= 0.6 is 0 Å². The zero-order valence-corrected chi connectivity index (χ0v) is 13.5. The average Bonchev–Trinajstić information content (AvgIpc) is 2.91. The van der Waals surface area contributed by atoms with E-state index in [1.165, 1.54) is 25.7 Å². The minimum Gasteiger partial charge on any atom is -0.382 e. The molecule has 1 aliphatic carbocycles. The molecule has 1 aliphatic rings. The lowest BCUT2D eigenvalue weighted by Crippen LogP contribution is -2.50. The third kappa shape index (κ3) is 6.50. The largest absolute Gasteiger partial charge is 0.382 e. The molecule has 1 rings (SSSR count). The van der Waals surface area contributed by atoms with Crippen LogP contribution in [0.1, 0.15) is 25.7 Å². The lowest BCUT2D eigenvalue weighted by atomic mass is 9.96. The highest BCUT2D eigenvalue weighted by Gasteiger charge is 2.35. The number of methoxy groups -OCH3 is 1. The van der Waals surface area contributed by atoms with Gasteiger partial charge in [-0.1, -0.05) is 12.8 Å². The number of ether oxygens (including phenoxy) is 3. The number of hydrogen-bond acceptors (Lipinski definition) is 5. The molecule has 1 saturated carbocycles. The van der Waals surface area contributed by atoms with Gasteiger partial charge in [0, 0.05) is 25.7 Å². The van der Waals surface area contributed by atoms with Gasteiger partial charge in [0.05, 0.1) is 33.0 Å². The minimum absolute atomic E-state index is 0.364. The smallest absolute Gasteiger partial charge is 0.0701 e. The third-order valence-electron chi connectivity index (χ3n) is 4.16. The highest BCUT2D eigenvalue weighted by atomic mass is 16.5. The summed E-state index contributed by atoms with van der Waals surface area (Å²) in [5.41, 5.74) is 0.364. The molecular formula is C15H32N2O3. The second-order valence-electron chi connectivity index (χ2n) is 5.72. The minimum atomic E-state index is 0.364. The molecule has 0 aliphatic heterocycles. The van der Waals surface area contributed by atoms with Crippen LogP contribution in [-0.2, 0) is 14.2 Å². The number of nitrogens with zero attached hydrogens (tertiary/aromatic N) is 1. The van der Waals surface area contributed by atoms with E-state index in [9.17, 15) is 0 Å². The van der Waals surface area contributed by atoms with Gasteiger partial charge in [-0.05, 0) is 26.9 Å². The second kappa shape index (κ2) is 10.5. The summed E-state index contributed by atoms with van der Waals surface area (Å²) in [5.74, 6) is 0. The molecule has 1 fully saturated rings. The highest BCUT2D eigenvalue weighted by Crippen LogP contribution is 2.32. The van der Waals surface area contributed by atoms with Gasteiger partial charge >= 0.3 is 0 Å². The van der Waals surface area contributed by atoms with Crippen molar-refractivity contribution in [3.05, 3.63) is 0 Å².